The molecule has 2 aromatic carbocycles. The predicted molar refractivity (Wildman–Crippen MR) is 118 cm³/mol. The van der Waals surface area contributed by atoms with E-state index < -0.39 is 17.7 Å². The Kier molecular flexibility index (Phi) is 5.59. The standard InChI is InChI=1S/C26H31FO4/c1-14-8-11-18(16-9-10-16)22(21(14)24(25(28)29)31-26(3,4)5)19-13-20(27)23-17(15(19)2)7-6-12-30-23/h8,11,13,16,24H,6-7,9-10,12H2,1-5H3,(H,28,29)/t24-/m0/s1. The van der Waals surface area contributed by atoms with Gasteiger partial charge in [0.2, 0.25) is 0 Å². The zero-order valence-corrected chi connectivity index (χ0v) is 19.0. The van der Waals surface area contributed by atoms with Gasteiger partial charge >= 0.3 is 5.97 Å². The average Bonchev–Trinajstić information content (AvgIpc) is 3.53. The summed E-state index contributed by atoms with van der Waals surface area (Å²) in [6.07, 6.45) is 2.58. The van der Waals surface area contributed by atoms with Crippen molar-refractivity contribution in [2.45, 2.75) is 77.9 Å². The highest BCUT2D eigenvalue weighted by atomic mass is 19.1. The van der Waals surface area contributed by atoms with Crippen molar-refractivity contribution in [2.75, 3.05) is 6.61 Å². The molecule has 1 aliphatic heterocycles. The lowest BCUT2D eigenvalue weighted by Crippen LogP contribution is -2.28. The molecule has 0 bridgehead atoms. The fourth-order valence-corrected chi connectivity index (χ4v) is 4.62. The summed E-state index contributed by atoms with van der Waals surface area (Å²) in [5.41, 5.74) is 5.34. The molecule has 1 aliphatic carbocycles. The summed E-state index contributed by atoms with van der Waals surface area (Å²) in [7, 11) is 0. The number of carbonyl (C=O) groups is 1. The van der Waals surface area contributed by atoms with Crippen LogP contribution < -0.4 is 4.74 Å². The third-order valence-corrected chi connectivity index (χ3v) is 6.18. The SMILES string of the molecule is Cc1ccc(C2CC2)c(-c2cc(F)c3c(c2C)CCCO3)c1[C@H](OC(C)(C)C)C(=O)O. The molecule has 2 aromatic rings. The van der Waals surface area contributed by atoms with Gasteiger partial charge in [0.25, 0.3) is 0 Å². The van der Waals surface area contributed by atoms with Crippen LogP contribution in [0.15, 0.2) is 18.2 Å². The van der Waals surface area contributed by atoms with Crippen LogP contribution in [-0.2, 0) is 16.0 Å². The fourth-order valence-electron chi connectivity index (χ4n) is 4.62. The molecule has 0 aromatic heterocycles. The second-order valence-electron chi connectivity index (χ2n) is 9.77. The minimum absolute atomic E-state index is 0.343. The molecule has 0 spiro atoms. The van der Waals surface area contributed by atoms with E-state index in [9.17, 15) is 9.90 Å². The lowest BCUT2D eigenvalue weighted by Gasteiger charge is -2.30. The van der Waals surface area contributed by atoms with Crippen LogP contribution in [0.1, 0.15) is 79.9 Å². The molecule has 0 radical (unpaired) electrons. The number of benzene rings is 2. The molecule has 5 heteroatoms. The van der Waals surface area contributed by atoms with Crippen molar-refractivity contribution in [3.63, 3.8) is 0 Å². The second kappa shape index (κ2) is 7.94. The molecular weight excluding hydrogens is 395 g/mol. The number of rotatable bonds is 5. The molecule has 2 aliphatic rings. The zero-order chi connectivity index (χ0) is 22.5. The number of aryl methyl sites for hydroxylation is 1. The first-order valence-electron chi connectivity index (χ1n) is 11.1. The summed E-state index contributed by atoms with van der Waals surface area (Å²) in [6, 6.07) is 5.58. The zero-order valence-electron chi connectivity index (χ0n) is 19.0. The van der Waals surface area contributed by atoms with E-state index in [0.29, 0.717) is 23.8 Å². The van der Waals surface area contributed by atoms with Crippen molar-refractivity contribution < 1.29 is 23.8 Å². The van der Waals surface area contributed by atoms with E-state index in [1.165, 1.54) is 6.07 Å². The smallest absolute Gasteiger partial charge is 0.337 e. The number of carboxylic acids is 1. The topological polar surface area (TPSA) is 55.8 Å². The molecule has 0 saturated heterocycles. The van der Waals surface area contributed by atoms with E-state index in [2.05, 4.69) is 6.07 Å². The highest BCUT2D eigenvalue weighted by Gasteiger charge is 2.36. The molecule has 1 fully saturated rings. The van der Waals surface area contributed by atoms with E-state index in [1.54, 1.807) is 0 Å². The van der Waals surface area contributed by atoms with Gasteiger partial charge in [0.15, 0.2) is 17.7 Å². The summed E-state index contributed by atoms with van der Waals surface area (Å²) in [4.78, 5) is 12.4. The number of fused-ring (bicyclic) bond motifs is 1. The van der Waals surface area contributed by atoms with Crippen molar-refractivity contribution in [3.05, 3.63) is 51.8 Å². The highest BCUT2D eigenvalue weighted by Crippen LogP contribution is 2.50. The maximum Gasteiger partial charge on any atom is 0.337 e. The first kappa shape index (κ1) is 21.8. The van der Waals surface area contributed by atoms with Crippen molar-refractivity contribution in [1.29, 1.82) is 0 Å². The van der Waals surface area contributed by atoms with Gasteiger partial charge in [0.05, 0.1) is 12.2 Å². The Morgan fingerprint density at radius 2 is 1.97 bits per heavy atom. The summed E-state index contributed by atoms with van der Waals surface area (Å²) < 4.78 is 26.8. The first-order valence-corrected chi connectivity index (χ1v) is 11.1. The Morgan fingerprint density at radius 1 is 1.26 bits per heavy atom. The van der Waals surface area contributed by atoms with E-state index in [4.69, 9.17) is 9.47 Å². The lowest BCUT2D eigenvalue weighted by molar-refractivity contribution is -0.160. The fraction of sp³-hybridized carbons (Fsp3) is 0.500. The average molecular weight is 427 g/mol. The molecule has 1 saturated carbocycles. The Hall–Kier alpha value is -2.40. The van der Waals surface area contributed by atoms with Gasteiger partial charge in [-0.2, -0.15) is 0 Å². The first-order chi connectivity index (χ1) is 14.6. The summed E-state index contributed by atoms with van der Waals surface area (Å²) in [5, 5.41) is 10.1. The van der Waals surface area contributed by atoms with Gasteiger partial charge < -0.3 is 14.6 Å². The minimum atomic E-state index is -1.14. The lowest BCUT2D eigenvalue weighted by atomic mass is 9.83. The number of ether oxygens (including phenoxy) is 2. The van der Waals surface area contributed by atoms with Crippen molar-refractivity contribution in [1.82, 2.24) is 0 Å². The maximum absolute atomic E-state index is 15.1. The van der Waals surface area contributed by atoms with Crippen molar-refractivity contribution in [2.24, 2.45) is 0 Å². The number of hydrogen-bond donors (Lipinski definition) is 1. The Balaban J connectivity index is 2.01. The number of aliphatic carboxylic acids is 1. The molecule has 0 amide bonds. The van der Waals surface area contributed by atoms with Gasteiger partial charge in [-0.25, -0.2) is 9.18 Å². The Labute approximate surface area is 183 Å². The van der Waals surface area contributed by atoms with Gasteiger partial charge in [-0.15, -0.1) is 0 Å². The van der Waals surface area contributed by atoms with Gasteiger partial charge in [0, 0.05) is 11.1 Å². The third kappa shape index (κ3) is 4.20. The van der Waals surface area contributed by atoms with E-state index in [-0.39, 0.29) is 5.82 Å². The van der Waals surface area contributed by atoms with E-state index in [0.717, 1.165) is 59.1 Å². The van der Waals surface area contributed by atoms with Gasteiger partial charge in [-0.3, -0.25) is 0 Å². The van der Waals surface area contributed by atoms with Crippen LogP contribution in [0.25, 0.3) is 11.1 Å². The molecule has 0 unspecified atom stereocenters. The second-order valence-corrected chi connectivity index (χ2v) is 9.77. The maximum atomic E-state index is 15.1. The monoisotopic (exact) mass is 426 g/mol. The van der Waals surface area contributed by atoms with Crippen LogP contribution in [-0.4, -0.2) is 23.3 Å². The van der Waals surface area contributed by atoms with E-state index >= 15 is 4.39 Å². The molecule has 4 nitrogen and oxygen atoms in total. The van der Waals surface area contributed by atoms with Crippen molar-refractivity contribution in [3.8, 4) is 16.9 Å². The quantitative estimate of drug-likeness (QED) is 0.614. The van der Waals surface area contributed by atoms with Crippen LogP contribution >= 0.6 is 0 Å². The van der Waals surface area contributed by atoms with E-state index in [1.807, 2.05) is 40.7 Å². The molecule has 1 atom stereocenters. The number of hydrogen-bond acceptors (Lipinski definition) is 3. The van der Waals surface area contributed by atoms with Crippen LogP contribution in [0.5, 0.6) is 5.75 Å². The third-order valence-electron chi connectivity index (χ3n) is 6.18. The molecule has 4 rings (SSSR count). The van der Waals surface area contributed by atoms with Gasteiger partial charge in [0.1, 0.15) is 0 Å². The highest BCUT2D eigenvalue weighted by molar-refractivity contribution is 5.85. The minimum Gasteiger partial charge on any atom is -0.490 e. The normalized spacial score (nSPS) is 17.1. The van der Waals surface area contributed by atoms with Crippen LogP contribution in [0, 0.1) is 19.7 Å². The van der Waals surface area contributed by atoms with Crippen molar-refractivity contribution >= 4 is 5.97 Å². The predicted octanol–water partition coefficient (Wildman–Crippen LogP) is 6.25. The van der Waals surface area contributed by atoms with Crippen LogP contribution in [0.2, 0.25) is 0 Å². The van der Waals surface area contributed by atoms with Crippen LogP contribution in [0.3, 0.4) is 0 Å². The van der Waals surface area contributed by atoms with Gasteiger partial charge in [-0.1, -0.05) is 12.1 Å². The molecule has 31 heavy (non-hydrogen) atoms. The molecular formula is C26H31FO4. The van der Waals surface area contributed by atoms with Crippen LogP contribution in [0.4, 0.5) is 4.39 Å². The number of carboxylic acid groups (broad SMARTS) is 1. The number of halogens is 1. The molecule has 166 valence electrons. The summed E-state index contributed by atoms with van der Waals surface area (Å²) in [6.45, 7) is 9.97. The largest absolute Gasteiger partial charge is 0.490 e. The Morgan fingerprint density at radius 3 is 2.58 bits per heavy atom. The molecule has 1 heterocycles. The molecule has 1 N–H and O–H groups in total. The van der Waals surface area contributed by atoms with Gasteiger partial charge in [-0.05, 0) is 100 Å². The Bertz CT molecular complexity index is 1030. The summed E-state index contributed by atoms with van der Waals surface area (Å²) in [5.74, 6) is -0.705. The summed E-state index contributed by atoms with van der Waals surface area (Å²) >= 11 is 0.